The van der Waals surface area contributed by atoms with E-state index < -0.39 is 0 Å². The highest BCUT2D eigenvalue weighted by Gasteiger charge is 2.01. The molecule has 0 spiro atoms. The van der Waals surface area contributed by atoms with Crippen LogP contribution in [0.3, 0.4) is 0 Å². The number of aromatic nitrogens is 3. The highest BCUT2D eigenvalue weighted by Crippen LogP contribution is 2.25. The number of aryl methyl sites for hydroxylation is 1. The SMILES string of the molecule is CSc1nnc(C)c(/C=C/Nc2ccc(Cl)c(Cl)c2)n1. The Morgan fingerprint density at radius 3 is 2.70 bits per heavy atom. The summed E-state index contributed by atoms with van der Waals surface area (Å²) < 4.78 is 0. The van der Waals surface area contributed by atoms with E-state index in [0.717, 1.165) is 17.1 Å². The number of rotatable bonds is 4. The zero-order valence-electron chi connectivity index (χ0n) is 10.9. The predicted octanol–water partition coefficient (Wildman–Crippen LogP) is 4.29. The van der Waals surface area contributed by atoms with Gasteiger partial charge in [0.2, 0.25) is 5.16 Å². The van der Waals surface area contributed by atoms with Crippen LogP contribution in [0.1, 0.15) is 11.4 Å². The number of nitrogens with one attached hydrogen (secondary N) is 1. The summed E-state index contributed by atoms with van der Waals surface area (Å²) in [6.45, 7) is 1.86. The van der Waals surface area contributed by atoms with Gasteiger partial charge in [-0.2, -0.15) is 5.10 Å². The second-order valence-electron chi connectivity index (χ2n) is 3.88. The van der Waals surface area contributed by atoms with Gasteiger partial charge in [-0.15, -0.1) is 5.10 Å². The largest absolute Gasteiger partial charge is 0.362 e. The van der Waals surface area contributed by atoms with E-state index in [9.17, 15) is 0 Å². The van der Waals surface area contributed by atoms with Crippen molar-refractivity contribution >= 4 is 46.7 Å². The Hall–Kier alpha value is -1.30. The minimum atomic E-state index is 0.509. The normalized spacial score (nSPS) is 11.0. The number of anilines is 1. The van der Waals surface area contributed by atoms with E-state index >= 15 is 0 Å². The molecule has 0 radical (unpaired) electrons. The fraction of sp³-hybridized carbons (Fsp3) is 0.154. The fourth-order valence-electron chi connectivity index (χ4n) is 1.42. The summed E-state index contributed by atoms with van der Waals surface area (Å²) >= 11 is 13.3. The lowest BCUT2D eigenvalue weighted by Gasteiger charge is -2.03. The summed E-state index contributed by atoms with van der Waals surface area (Å²) in [7, 11) is 0. The van der Waals surface area contributed by atoms with Crippen LogP contribution in [0.15, 0.2) is 29.6 Å². The highest BCUT2D eigenvalue weighted by atomic mass is 35.5. The van der Waals surface area contributed by atoms with E-state index in [1.807, 2.05) is 25.3 Å². The molecular weight excluding hydrogens is 315 g/mol. The molecule has 7 heteroatoms. The predicted molar refractivity (Wildman–Crippen MR) is 85.5 cm³/mol. The van der Waals surface area contributed by atoms with Gasteiger partial charge in [0.25, 0.3) is 0 Å². The summed E-state index contributed by atoms with van der Waals surface area (Å²) in [6.07, 6.45) is 5.53. The standard InChI is InChI=1S/C13H12Cl2N4S/c1-8-12(17-13(20-2)19-18-8)5-6-16-9-3-4-10(14)11(15)7-9/h3-7,16H,1-2H3/b6-5+. The first-order valence-electron chi connectivity index (χ1n) is 5.73. The van der Waals surface area contributed by atoms with Gasteiger partial charge in [0, 0.05) is 11.9 Å². The van der Waals surface area contributed by atoms with Gasteiger partial charge in [0.05, 0.1) is 21.4 Å². The third kappa shape index (κ3) is 3.85. The number of benzene rings is 1. The maximum Gasteiger partial charge on any atom is 0.209 e. The van der Waals surface area contributed by atoms with E-state index in [2.05, 4.69) is 20.5 Å². The van der Waals surface area contributed by atoms with Gasteiger partial charge >= 0.3 is 0 Å². The van der Waals surface area contributed by atoms with Gasteiger partial charge in [-0.3, -0.25) is 0 Å². The van der Waals surface area contributed by atoms with Gasteiger partial charge < -0.3 is 5.32 Å². The van der Waals surface area contributed by atoms with Crippen molar-refractivity contribution in [2.45, 2.75) is 12.1 Å². The van der Waals surface area contributed by atoms with E-state index in [-0.39, 0.29) is 0 Å². The van der Waals surface area contributed by atoms with Crippen LogP contribution < -0.4 is 5.32 Å². The number of halogens is 2. The lowest BCUT2D eigenvalue weighted by atomic mass is 10.3. The molecule has 20 heavy (non-hydrogen) atoms. The Balaban J connectivity index is 2.11. The lowest BCUT2D eigenvalue weighted by molar-refractivity contribution is 0.807. The zero-order valence-corrected chi connectivity index (χ0v) is 13.2. The van der Waals surface area contributed by atoms with Crippen molar-refractivity contribution in [3.63, 3.8) is 0 Å². The molecule has 0 atom stereocenters. The topological polar surface area (TPSA) is 50.7 Å². The zero-order chi connectivity index (χ0) is 14.5. The van der Waals surface area contributed by atoms with Crippen molar-refractivity contribution in [3.05, 3.63) is 45.8 Å². The van der Waals surface area contributed by atoms with E-state index in [4.69, 9.17) is 23.2 Å². The molecule has 104 valence electrons. The molecule has 0 aliphatic carbocycles. The maximum absolute atomic E-state index is 5.95. The van der Waals surface area contributed by atoms with Gasteiger partial charge in [0.15, 0.2) is 0 Å². The van der Waals surface area contributed by atoms with Crippen LogP contribution >= 0.6 is 35.0 Å². The molecule has 1 N–H and O–H groups in total. The Labute approximate surface area is 131 Å². The second kappa shape index (κ2) is 6.92. The minimum Gasteiger partial charge on any atom is -0.362 e. The average Bonchev–Trinajstić information content (AvgIpc) is 2.45. The Morgan fingerprint density at radius 1 is 1.20 bits per heavy atom. The summed E-state index contributed by atoms with van der Waals surface area (Å²) in [5.74, 6) is 0. The number of hydrogen-bond acceptors (Lipinski definition) is 5. The van der Waals surface area contributed by atoms with Crippen LogP contribution in [-0.2, 0) is 0 Å². The Morgan fingerprint density at radius 2 is 2.00 bits per heavy atom. The Bertz CT molecular complexity index is 646. The van der Waals surface area contributed by atoms with Gasteiger partial charge in [0.1, 0.15) is 0 Å². The molecule has 0 unspecified atom stereocenters. The maximum atomic E-state index is 5.95. The first kappa shape index (κ1) is 15.1. The Kier molecular flexibility index (Phi) is 5.23. The third-order valence-corrected chi connectivity index (χ3v) is 3.74. The molecule has 0 bridgehead atoms. The molecule has 0 amide bonds. The monoisotopic (exact) mass is 326 g/mol. The second-order valence-corrected chi connectivity index (χ2v) is 5.46. The molecule has 0 aliphatic rings. The summed E-state index contributed by atoms with van der Waals surface area (Å²) in [4.78, 5) is 4.37. The van der Waals surface area contributed by atoms with Crippen LogP contribution in [0.4, 0.5) is 5.69 Å². The van der Waals surface area contributed by atoms with Crippen LogP contribution in [0.2, 0.25) is 10.0 Å². The van der Waals surface area contributed by atoms with Gasteiger partial charge in [-0.1, -0.05) is 35.0 Å². The molecule has 1 aromatic carbocycles. The van der Waals surface area contributed by atoms with Crippen molar-refractivity contribution in [1.82, 2.24) is 15.2 Å². The molecule has 0 fully saturated rings. The summed E-state index contributed by atoms with van der Waals surface area (Å²) in [6, 6.07) is 5.34. The molecule has 0 saturated heterocycles. The van der Waals surface area contributed by atoms with Crippen molar-refractivity contribution in [2.24, 2.45) is 0 Å². The lowest BCUT2D eigenvalue weighted by Crippen LogP contribution is -1.98. The average molecular weight is 327 g/mol. The molecule has 2 aromatic rings. The highest BCUT2D eigenvalue weighted by molar-refractivity contribution is 7.98. The van der Waals surface area contributed by atoms with Crippen LogP contribution in [0.5, 0.6) is 0 Å². The van der Waals surface area contributed by atoms with Crippen molar-refractivity contribution in [3.8, 4) is 0 Å². The van der Waals surface area contributed by atoms with Crippen LogP contribution in [-0.4, -0.2) is 21.4 Å². The number of nitrogens with zero attached hydrogens (tertiary/aromatic N) is 3. The summed E-state index contributed by atoms with van der Waals surface area (Å²) in [5, 5.41) is 12.8. The molecule has 0 aliphatic heterocycles. The summed E-state index contributed by atoms with van der Waals surface area (Å²) in [5.41, 5.74) is 2.40. The molecule has 0 saturated carbocycles. The molecular formula is C13H12Cl2N4S. The van der Waals surface area contributed by atoms with Crippen molar-refractivity contribution < 1.29 is 0 Å². The van der Waals surface area contributed by atoms with E-state index in [1.54, 1.807) is 18.3 Å². The quantitative estimate of drug-likeness (QED) is 0.849. The van der Waals surface area contributed by atoms with Crippen LogP contribution in [0.25, 0.3) is 6.08 Å². The van der Waals surface area contributed by atoms with E-state index in [1.165, 1.54) is 11.8 Å². The van der Waals surface area contributed by atoms with Gasteiger partial charge in [-0.05, 0) is 37.5 Å². The smallest absolute Gasteiger partial charge is 0.209 e. The fourth-order valence-corrected chi connectivity index (χ4v) is 2.03. The molecule has 1 heterocycles. The van der Waals surface area contributed by atoms with Gasteiger partial charge in [-0.25, -0.2) is 4.98 Å². The van der Waals surface area contributed by atoms with E-state index in [0.29, 0.717) is 15.2 Å². The first-order chi connectivity index (χ1) is 9.60. The molecule has 4 nitrogen and oxygen atoms in total. The molecule has 2 rings (SSSR count). The van der Waals surface area contributed by atoms with Crippen molar-refractivity contribution in [2.75, 3.05) is 11.6 Å². The van der Waals surface area contributed by atoms with Crippen LogP contribution in [0, 0.1) is 6.92 Å². The number of thioether (sulfide) groups is 1. The first-order valence-corrected chi connectivity index (χ1v) is 7.71. The minimum absolute atomic E-state index is 0.509. The molecule has 1 aromatic heterocycles. The van der Waals surface area contributed by atoms with Crippen molar-refractivity contribution in [1.29, 1.82) is 0 Å². The third-order valence-electron chi connectivity index (χ3n) is 2.47. The number of hydrogen-bond donors (Lipinski definition) is 1.